The van der Waals surface area contributed by atoms with E-state index in [-0.39, 0.29) is 0 Å². The van der Waals surface area contributed by atoms with Crippen LogP contribution >= 0.6 is 0 Å². The molecule has 0 atom stereocenters. The minimum absolute atomic E-state index is 0.296. The Morgan fingerprint density at radius 3 is 2.37 bits per heavy atom. The van der Waals surface area contributed by atoms with Crippen molar-refractivity contribution in [2.45, 2.75) is 13.5 Å². The van der Waals surface area contributed by atoms with Crippen LogP contribution in [-0.4, -0.2) is 63.5 Å². The number of hydrogen-bond acceptors (Lipinski definition) is 9. The zero-order valence-corrected chi connectivity index (χ0v) is 17.7. The second kappa shape index (κ2) is 9.29. The van der Waals surface area contributed by atoms with Gasteiger partial charge in [-0.05, 0) is 30.7 Å². The van der Waals surface area contributed by atoms with E-state index < -0.39 is 6.09 Å². The lowest BCUT2D eigenvalue weighted by Crippen LogP contribution is -2.44. The van der Waals surface area contributed by atoms with Crippen LogP contribution in [0.2, 0.25) is 0 Å². The van der Waals surface area contributed by atoms with E-state index in [1.807, 2.05) is 41.2 Å². The van der Waals surface area contributed by atoms with Crippen LogP contribution in [0.25, 0.3) is 0 Å². The van der Waals surface area contributed by atoms with Gasteiger partial charge in [-0.2, -0.15) is 0 Å². The molecule has 2 aliphatic rings. The molecule has 0 fully saturated rings. The van der Waals surface area contributed by atoms with Gasteiger partial charge in [-0.15, -0.1) is 0 Å². The second-order valence-corrected chi connectivity index (χ2v) is 6.30. The monoisotopic (exact) mass is 418 g/mol. The number of amidine groups is 1. The van der Waals surface area contributed by atoms with Crippen LogP contribution in [0.15, 0.2) is 41.0 Å². The van der Waals surface area contributed by atoms with Gasteiger partial charge in [0.1, 0.15) is 18.3 Å². The van der Waals surface area contributed by atoms with Crippen molar-refractivity contribution in [2.75, 3.05) is 41.5 Å². The van der Waals surface area contributed by atoms with Crippen LogP contribution in [0.5, 0.6) is 17.2 Å². The summed E-state index contributed by atoms with van der Waals surface area (Å²) >= 11 is 0. The average molecular weight is 418 g/mol. The number of methoxy groups -OCH3 is 4. The summed E-state index contributed by atoms with van der Waals surface area (Å²) < 4.78 is 26.9. The first-order chi connectivity index (χ1) is 14.5. The van der Waals surface area contributed by atoms with E-state index >= 15 is 0 Å². The number of alkyl carbamates (subject to hydrolysis) is 1. The van der Waals surface area contributed by atoms with Gasteiger partial charge in [0.25, 0.3) is 0 Å². The number of nitrogens with zero attached hydrogens (tertiary/aromatic N) is 3. The third-order valence-electron chi connectivity index (χ3n) is 4.58. The van der Waals surface area contributed by atoms with Gasteiger partial charge >= 0.3 is 6.09 Å². The molecule has 0 aromatic heterocycles. The highest BCUT2D eigenvalue weighted by atomic mass is 16.5. The van der Waals surface area contributed by atoms with Crippen LogP contribution in [0, 0.1) is 0 Å². The standard InChI is InChI=1S/C20H26N4O6/c1-6-23-18(8-7-17-21-16(11-24(17)23)22-20(25)29-5)30-12-13-9-14(26-2)19(28-4)15(10-13)27-3/h7-10H,6,11-12H2,1-5H3,(H,21,22,25). The largest absolute Gasteiger partial charge is 0.493 e. The molecule has 1 amide bonds. The lowest BCUT2D eigenvalue weighted by Gasteiger charge is -2.37. The molecule has 0 saturated carbocycles. The van der Waals surface area contributed by atoms with Gasteiger partial charge in [0.2, 0.25) is 11.6 Å². The molecule has 0 spiro atoms. The van der Waals surface area contributed by atoms with Crippen LogP contribution in [0.4, 0.5) is 4.79 Å². The van der Waals surface area contributed by atoms with Crippen molar-refractivity contribution in [1.29, 1.82) is 0 Å². The molecule has 0 bridgehead atoms. The van der Waals surface area contributed by atoms with Crippen LogP contribution < -0.4 is 19.5 Å². The van der Waals surface area contributed by atoms with Crippen molar-refractivity contribution in [3.05, 3.63) is 41.6 Å². The number of nitrogens with one attached hydrogen (secondary N) is 1. The van der Waals surface area contributed by atoms with Gasteiger partial charge in [0, 0.05) is 12.6 Å². The molecule has 1 N–H and O–H groups in total. The summed E-state index contributed by atoms with van der Waals surface area (Å²) in [5.41, 5.74) is 0.863. The minimum Gasteiger partial charge on any atom is -0.493 e. The number of carbonyl (C=O) groups excluding carboxylic acids is 1. The molecule has 10 heteroatoms. The van der Waals surface area contributed by atoms with E-state index in [1.165, 1.54) is 7.11 Å². The number of amides is 1. The number of benzene rings is 1. The Labute approximate surface area is 175 Å². The summed E-state index contributed by atoms with van der Waals surface area (Å²) in [6.07, 6.45) is 3.13. The van der Waals surface area contributed by atoms with Crippen molar-refractivity contribution in [3.8, 4) is 17.2 Å². The van der Waals surface area contributed by atoms with Gasteiger partial charge < -0.3 is 23.7 Å². The zero-order valence-electron chi connectivity index (χ0n) is 17.7. The highest BCUT2D eigenvalue weighted by Crippen LogP contribution is 2.38. The number of hydrazine groups is 1. The number of rotatable bonds is 7. The van der Waals surface area contributed by atoms with E-state index in [4.69, 9.17) is 18.9 Å². The first-order valence-corrected chi connectivity index (χ1v) is 9.35. The summed E-state index contributed by atoms with van der Waals surface area (Å²) in [5.74, 6) is 3.53. The highest BCUT2D eigenvalue weighted by Gasteiger charge is 2.30. The molecular weight excluding hydrogens is 392 g/mol. The molecule has 30 heavy (non-hydrogen) atoms. The van der Waals surface area contributed by atoms with Crippen LogP contribution in [0.1, 0.15) is 12.5 Å². The fourth-order valence-electron chi connectivity index (χ4n) is 3.20. The number of fused-ring (bicyclic) bond motifs is 1. The summed E-state index contributed by atoms with van der Waals surface area (Å²) in [6, 6.07) is 3.69. The second-order valence-electron chi connectivity index (χ2n) is 6.30. The van der Waals surface area contributed by atoms with Gasteiger partial charge in [-0.1, -0.05) is 0 Å². The van der Waals surface area contributed by atoms with Gasteiger partial charge in [0.05, 0.1) is 35.0 Å². The van der Waals surface area contributed by atoms with E-state index in [0.717, 1.165) is 5.56 Å². The molecule has 1 aromatic carbocycles. The molecule has 0 unspecified atom stereocenters. The Morgan fingerprint density at radius 1 is 1.10 bits per heavy atom. The maximum Gasteiger partial charge on any atom is 0.412 e. The number of hydrogen-bond donors (Lipinski definition) is 1. The minimum atomic E-state index is -0.552. The first-order valence-electron chi connectivity index (χ1n) is 9.35. The van der Waals surface area contributed by atoms with E-state index in [0.29, 0.717) is 54.5 Å². The maximum absolute atomic E-state index is 11.5. The Hall–Kier alpha value is -3.56. The van der Waals surface area contributed by atoms with Crippen molar-refractivity contribution in [3.63, 3.8) is 0 Å². The van der Waals surface area contributed by atoms with Gasteiger partial charge in [0.15, 0.2) is 11.5 Å². The molecule has 10 nitrogen and oxygen atoms in total. The SMILES string of the molecule is CCN1C(OCc2cc(OC)c(OC)c(OC)c2)=CC=C2N=C(NC(=O)OC)CN21. The normalized spacial score (nSPS) is 14.9. The average Bonchev–Trinajstić information content (AvgIpc) is 3.18. The fourth-order valence-corrected chi connectivity index (χ4v) is 3.20. The lowest BCUT2D eigenvalue weighted by atomic mass is 10.2. The number of allylic oxidation sites excluding steroid dienone is 2. The molecule has 2 aliphatic heterocycles. The molecule has 2 heterocycles. The molecule has 0 saturated heterocycles. The van der Waals surface area contributed by atoms with E-state index in [9.17, 15) is 4.79 Å². The molecule has 3 rings (SSSR count). The Balaban J connectivity index is 1.74. The predicted molar refractivity (Wildman–Crippen MR) is 109 cm³/mol. The number of ether oxygens (including phenoxy) is 5. The third-order valence-corrected chi connectivity index (χ3v) is 4.58. The molecular formula is C20H26N4O6. The van der Waals surface area contributed by atoms with E-state index in [1.54, 1.807) is 21.3 Å². The van der Waals surface area contributed by atoms with Crippen LogP contribution in [-0.2, 0) is 16.1 Å². The zero-order chi connectivity index (χ0) is 21.7. The smallest absolute Gasteiger partial charge is 0.412 e. The third kappa shape index (κ3) is 4.22. The van der Waals surface area contributed by atoms with Crippen LogP contribution in [0.3, 0.4) is 0 Å². The van der Waals surface area contributed by atoms with Crippen molar-refractivity contribution < 1.29 is 28.5 Å². The lowest BCUT2D eigenvalue weighted by molar-refractivity contribution is -0.0175. The first kappa shape index (κ1) is 21.2. The fraction of sp³-hybridized carbons (Fsp3) is 0.400. The van der Waals surface area contributed by atoms with Crippen molar-refractivity contribution >= 4 is 11.9 Å². The maximum atomic E-state index is 11.5. The number of aliphatic imine (C=N–C) groups is 1. The quantitative estimate of drug-likeness (QED) is 0.721. The topological polar surface area (TPSA) is 94.1 Å². The Kier molecular flexibility index (Phi) is 6.55. The van der Waals surface area contributed by atoms with Crippen molar-refractivity contribution in [1.82, 2.24) is 15.3 Å². The summed E-state index contributed by atoms with van der Waals surface area (Å²) in [7, 11) is 6.02. The van der Waals surface area contributed by atoms with E-state index in [2.05, 4.69) is 15.0 Å². The highest BCUT2D eigenvalue weighted by molar-refractivity contribution is 5.98. The molecule has 0 aliphatic carbocycles. The molecule has 1 aromatic rings. The predicted octanol–water partition coefficient (Wildman–Crippen LogP) is 2.23. The summed E-state index contributed by atoms with van der Waals surface area (Å²) in [6.45, 7) is 3.36. The Morgan fingerprint density at radius 2 is 1.80 bits per heavy atom. The molecule has 162 valence electrons. The Bertz CT molecular complexity index is 870. The van der Waals surface area contributed by atoms with Crippen molar-refractivity contribution in [2.24, 2.45) is 4.99 Å². The molecule has 0 radical (unpaired) electrons. The summed E-state index contributed by atoms with van der Waals surface area (Å²) in [5, 5.41) is 6.49. The van der Waals surface area contributed by atoms with Gasteiger partial charge in [-0.25, -0.2) is 9.79 Å². The van der Waals surface area contributed by atoms with Gasteiger partial charge in [-0.3, -0.25) is 15.3 Å². The summed E-state index contributed by atoms with van der Waals surface area (Å²) in [4.78, 5) is 15.9. The number of carbonyl (C=O) groups is 1.